The maximum absolute atomic E-state index is 5.10. The maximum atomic E-state index is 5.10. The highest BCUT2D eigenvalue weighted by Gasteiger charge is 2.10. The molecule has 0 aliphatic heterocycles. The molecule has 0 aromatic rings. The quantitative estimate of drug-likeness (QED) is 0.433. The van der Waals surface area contributed by atoms with Gasteiger partial charge >= 0.3 is 0 Å². The molecule has 0 rings (SSSR count). The second-order valence-electron chi connectivity index (χ2n) is 3.24. The van der Waals surface area contributed by atoms with Gasteiger partial charge in [0.05, 0.1) is 0 Å². The first kappa shape index (κ1) is 8.30. The number of allylic oxidation sites excluding steroid dienone is 2. The van der Waals surface area contributed by atoms with Crippen LogP contribution in [0.4, 0.5) is 0 Å². The summed E-state index contributed by atoms with van der Waals surface area (Å²) in [5.41, 5.74) is 1.48. The molecule has 0 N–H and O–H groups in total. The van der Waals surface area contributed by atoms with Gasteiger partial charge in [0, 0.05) is 0 Å². The van der Waals surface area contributed by atoms with Crippen LogP contribution in [0.3, 0.4) is 0 Å². The predicted octanol–water partition coefficient (Wildman–Crippen LogP) is 2.61. The average molecular weight is 122 g/mol. The molecule has 0 spiro atoms. The molecule has 0 heterocycles. The van der Waals surface area contributed by atoms with E-state index in [-0.39, 0.29) is 5.41 Å². The third-order valence-corrected chi connectivity index (χ3v) is 1.48. The van der Waals surface area contributed by atoms with E-state index >= 15 is 0 Å². The molecule has 0 nitrogen and oxygen atoms in total. The third kappa shape index (κ3) is 2.98. The van der Waals surface area contributed by atoms with Crippen LogP contribution in [-0.2, 0) is 0 Å². The summed E-state index contributed by atoms with van der Waals surface area (Å²) in [4.78, 5) is 0. The van der Waals surface area contributed by atoms with E-state index in [4.69, 9.17) is 6.42 Å². The molecular formula is C9H14. The van der Waals surface area contributed by atoms with Crippen LogP contribution in [0.1, 0.15) is 27.7 Å². The van der Waals surface area contributed by atoms with Crippen LogP contribution >= 0.6 is 0 Å². The Kier molecular flexibility index (Phi) is 2.52. The standard InChI is InChI=1S/C9H14/c1-6-7-8(2)9(3,4)5/h1,7H,2-5H3/b8-7+. The lowest BCUT2D eigenvalue weighted by molar-refractivity contribution is 0.504. The van der Waals surface area contributed by atoms with Crippen molar-refractivity contribution in [3.63, 3.8) is 0 Å². The van der Waals surface area contributed by atoms with E-state index in [0.29, 0.717) is 0 Å². The molecule has 0 aromatic carbocycles. The summed E-state index contributed by atoms with van der Waals surface area (Å²) in [6.07, 6.45) is 6.92. The third-order valence-electron chi connectivity index (χ3n) is 1.48. The van der Waals surface area contributed by atoms with Crippen LogP contribution in [0.2, 0.25) is 0 Å². The van der Waals surface area contributed by atoms with E-state index in [1.54, 1.807) is 0 Å². The average Bonchev–Trinajstić information content (AvgIpc) is 1.64. The zero-order chi connectivity index (χ0) is 7.49. The Balaban J connectivity index is 4.25. The van der Waals surface area contributed by atoms with Gasteiger partial charge in [-0.3, -0.25) is 0 Å². The van der Waals surface area contributed by atoms with Gasteiger partial charge in [-0.15, -0.1) is 6.42 Å². The van der Waals surface area contributed by atoms with Gasteiger partial charge in [-0.1, -0.05) is 32.3 Å². The monoisotopic (exact) mass is 122 g/mol. The fourth-order valence-corrected chi connectivity index (χ4v) is 0.342. The van der Waals surface area contributed by atoms with Gasteiger partial charge in [-0.05, 0) is 18.4 Å². The molecule has 0 radical (unpaired) electrons. The van der Waals surface area contributed by atoms with Gasteiger partial charge in [-0.25, -0.2) is 0 Å². The van der Waals surface area contributed by atoms with Gasteiger partial charge in [0.15, 0.2) is 0 Å². The molecule has 0 bridgehead atoms. The van der Waals surface area contributed by atoms with Crippen LogP contribution in [0.25, 0.3) is 0 Å². The van der Waals surface area contributed by atoms with Crippen molar-refractivity contribution < 1.29 is 0 Å². The first-order valence-corrected chi connectivity index (χ1v) is 3.12. The van der Waals surface area contributed by atoms with E-state index < -0.39 is 0 Å². The number of hydrogen-bond donors (Lipinski definition) is 0. The summed E-state index contributed by atoms with van der Waals surface area (Å²) in [6, 6.07) is 0. The van der Waals surface area contributed by atoms with Crippen molar-refractivity contribution in [3.05, 3.63) is 11.6 Å². The van der Waals surface area contributed by atoms with E-state index in [0.717, 1.165) is 0 Å². The number of hydrogen-bond acceptors (Lipinski definition) is 0. The summed E-state index contributed by atoms with van der Waals surface area (Å²) < 4.78 is 0. The highest BCUT2D eigenvalue weighted by atomic mass is 14.2. The van der Waals surface area contributed by atoms with Gasteiger partial charge in [0.1, 0.15) is 0 Å². The Morgan fingerprint density at radius 1 is 1.44 bits per heavy atom. The van der Waals surface area contributed by atoms with Gasteiger partial charge in [-0.2, -0.15) is 0 Å². The molecule has 0 amide bonds. The topological polar surface area (TPSA) is 0 Å². The molecule has 0 fully saturated rings. The first-order valence-electron chi connectivity index (χ1n) is 3.12. The molecule has 0 saturated carbocycles. The predicted molar refractivity (Wildman–Crippen MR) is 42.0 cm³/mol. The highest BCUT2D eigenvalue weighted by Crippen LogP contribution is 2.23. The van der Waals surface area contributed by atoms with Crippen LogP contribution in [0, 0.1) is 17.8 Å². The summed E-state index contributed by atoms with van der Waals surface area (Å²) in [5.74, 6) is 2.51. The molecular weight excluding hydrogens is 108 g/mol. The fourth-order valence-electron chi connectivity index (χ4n) is 0.342. The van der Waals surface area contributed by atoms with Crippen molar-refractivity contribution in [3.8, 4) is 12.3 Å². The largest absolute Gasteiger partial charge is 0.115 e. The lowest BCUT2D eigenvalue weighted by Gasteiger charge is -2.17. The molecule has 0 atom stereocenters. The summed E-state index contributed by atoms with van der Waals surface area (Å²) >= 11 is 0. The molecule has 0 heteroatoms. The minimum Gasteiger partial charge on any atom is -0.115 e. The number of terminal acetylenes is 1. The van der Waals surface area contributed by atoms with Gasteiger partial charge in [0.2, 0.25) is 0 Å². The lowest BCUT2D eigenvalue weighted by atomic mass is 9.88. The molecule has 0 saturated heterocycles. The van der Waals surface area contributed by atoms with Crippen LogP contribution in [0.15, 0.2) is 11.6 Å². The molecule has 0 unspecified atom stereocenters. The minimum absolute atomic E-state index is 0.229. The summed E-state index contributed by atoms with van der Waals surface area (Å²) in [6.45, 7) is 8.50. The first-order chi connectivity index (χ1) is 3.98. The zero-order valence-corrected chi connectivity index (χ0v) is 6.65. The smallest absolute Gasteiger partial charge is 0.0127 e. The Morgan fingerprint density at radius 2 is 1.89 bits per heavy atom. The Labute approximate surface area is 58.0 Å². The number of rotatable bonds is 0. The minimum atomic E-state index is 0.229. The van der Waals surface area contributed by atoms with Crippen molar-refractivity contribution in [2.45, 2.75) is 27.7 Å². The SMILES string of the molecule is C#C/C=C(\C)C(C)(C)C. The normalized spacial score (nSPS) is 13.0. The van der Waals surface area contributed by atoms with Crippen LogP contribution in [-0.4, -0.2) is 0 Å². The van der Waals surface area contributed by atoms with Crippen molar-refractivity contribution in [2.75, 3.05) is 0 Å². The highest BCUT2D eigenvalue weighted by molar-refractivity contribution is 5.19. The molecule has 0 aliphatic rings. The van der Waals surface area contributed by atoms with E-state index in [1.807, 2.05) is 6.08 Å². The fraction of sp³-hybridized carbons (Fsp3) is 0.556. The van der Waals surface area contributed by atoms with E-state index in [2.05, 4.69) is 33.6 Å². The second kappa shape index (κ2) is 2.73. The van der Waals surface area contributed by atoms with E-state index in [1.165, 1.54) is 5.57 Å². The van der Waals surface area contributed by atoms with Gasteiger partial charge < -0.3 is 0 Å². The summed E-state index contributed by atoms with van der Waals surface area (Å²) in [5, 5.41) is 0. The van der Waals surface area contributed by atoms with Crippen molar-refractivity contribution >= 4 is 0 Å². The Hall–Kier alpha value is -0.700. The maximum Gasteiger partial charge on any atom is -0.0127 e. The molecule has 50 valence electrons. The van der Waals surface area contributed by atoms with E-state index in [9.17, 15) is 0 Å². The Morgan fingerprint density at radius 3 is 2.00 bits per heavy atom. The van der Waals surface area contributed by atoms with Crippen LogP contribution in [0.5, 0.6) is 0 Å². The molecule has 9 heavy (non-hydrogen) atoms. The molecule has 0 aromatic heterocycles. The molecule has 0 aliphatic carbocycles. The Bertz CT molecular complexity index is 148. The second-order valence-corrected chi connectivity index (χ2v) is 3.24. The van der Waals surface area contributed by atoms with Crippen LogP contribution < -0.4 is 0 Å². The van der Waals surface area contributed by atoms with Gasteiger partial charge in [0.25, 0.3) is 0 Å². The van der Waals surface area contributed by atoms with Crippen molar-refractivity contribution in [2.24, 2.45) is 5.41 Å². The lowest BCUT2D eigenvalue weighted by Crippen LogP contribution is -2.05. The zero-order valence-electron chi connectivity index (χ0n) is 6.65. The summed E-state index contributed by atoms with van der Waals surface area (Å²) in [7, 11) is 0. The van der Waals surface area contributed by atoms with Crippen molar-refractivity contribution in [1.82, 2.24) is 0 Å². The van der Waals surface area contributed by atoms with Crippen molar-refractivity contribution in [1.29, 1.82) is 0 Å².